The third-order valence-corrected chi connectivity index (χ3v) is 5.64. The molecule has 0 radical (unpaired) electrons. The van der Waals surface area contributed by atoms with Gasteiger partial charge in [0.2, 0.25) is 0 Å². The van der Waals surface area contributed by atoms with Crippen molar-refractivity contribution < 1.29 is 19.8 Å². The number of hydrogen-bond donors (Lipinski definition) is 2. The number of carbonyl (C=O) groups is 2. The van der Waals surface area contributed by atoms with Gasteiger partial charge in [-0.3, -0.25) is 0 Å². The van der Waals surface area contributed by atoms with E-state index in [4.69, 9.17) is 0 Å². The van der Waals surface area contributed by atoms with Gasteiger partial charge in [0.25, 0.3) is 0 Å². The van der Waals surface area contributed by atoms with Crippen LogP contribution in [-0.2, 0) is 6.42 Å². The van der Waals surface area contributed by atoms with E-state index in [1.165, 1.54) is 5.56 Å². The minimum absolute atomic E-state index is 0.208. The van der Waals surface area contributed by atoms with Gasteiger partial charge in [-0.2, -0.15) is 0 Å². The fraction of sp³-hybridized carbons (Fsp3) is 0.259. The molecule has 0 spiro atoms. The molecule has 0 amide bonds. The maximum absolute atomic E-state index is 12.1. The first-order chi connectivity index (χ1) is 14.8. The third kappa shape index (κ3) is 4.24. The van der Waals surface area contributed by atoms with Crippen molar-refractivity contribution >= 4 is 11.9 Å². The summed E-state index contributed by atoms with van der Waals surface area (Å²) < 4.78 is 0. The summed E-state index contributed by atoms with van der Waals surface area (Å²) in [4.78, 5) is 24.1. The van der Waals surface area contributed by atoms with Crippen LogP contribution in [0.1, 0.15) is 70.5 Å². The summed E-state index contributed by atoms with van der Waals surface area (Å²) in [7, 11) is 0. The Morgan fingerprint density at radius 1 is 0.839 bits per heavy atom. The Morgan fingerprint density at radius 3 is 1.77 bits per heavy atom. The predicted molar refractivity (Wildman–Crippen MR) is 124 cm³/mol. The van der Waals surface area contributed by atoms with E-state index in [1.807, 2.05) is 31.2 Å². The Balaban J connectivity index is 2.56. The first-order valence-electron chi connectivity index (χ1n) is 10.6. The van der Waals surface area contributed by atoms with Gasteiger partial charge in [-0.15, -0.1) is 0 Å². The molecule has 0 aromatic heterocycles. The average molecular weight is 417 g/mol. The third-order valence-electron chi connectivity index (χ3n) is 5.64. The van der Waals surface area contributed by atoms with Gasteiger partial charge in [-0.25, -0.2) is 9.59 Å². The Hall–Kier alpha value is -3.40. The summed E-state index contributed by atoms with van der Waals surface area (Å²) in [5.74, 6) is -1.75. The van der Waals surface area contributed by atoms with Crippen LogP contribution in [0.3, 0.4) is 0 Å². The quantitative estimate of drug-likeness (QED) is 0.444. The van der Waals surface area contributed by atoms with Crippen molar-refractivity contribution in [2.24, 2.45) is 0 Å². The summed E-state index contributed by atoms with van der Waals surface area (Å²) in [6, 6.07) is 16.1. The maximum Gasteiger partial charge on any atom is 0.336 e. The Labute approximate surface area is 183 Å². The number of carboxylic acids is 2. The van der Waals surface area contributed by atoms with E-state index >= 15 is 0 Å². The lowest BCUT2D eigenvalue weighted by Crippen LogP contribution is -2.08. The van der Waals surface area contributed by atoms with Gasteiger partial charge in [0.15, 0.2) is 0 Å². The van der Waals surface area contributed by atoms with Crippen molar-refractivity contribution in [1.82, 2.24) is 0 Å². The molecule has 0 atom stereocenters. The molecule has 0 heterocycles. The first kappa shape index (κ1) is 22.3. The van der Waals surface area contributed by atoms with Crippen LogP contribution >= 0.6 is 0 Å². The van der Waals surface area contributed by atoms with Crippen molar-refractivity contribution in [2.45, 2.75) is 46.5 Å². The molecule has 0 fully saturated rings. The molecule has 0 unspecified atom stereocenters. The van der Waals surface area contributed by atoms with Crippen LogP contribution in [0.5, 0.6) is 0 Å². The lowest BCUT2D eigenvalue weighted by Gasteiger charge is -2.25. The van der Waals surface area contributed by atoms with Crippen molar-refractivity contribution in [1.29, 1.82) is 0 Å². The number of aromatic carboxylic acids is 2. The van der Waals surface area contributed by atoms with E-state index in [-0.39, 0.29) is 17.0 Å². The molecule has 0 aliphatic carbocycles. The highest BCUT2D eigenvalue weighted by Crippen LogP contribution is 2.43. The highest BCUT2D eigenvalue weighted by Gasteiger charge is 2.25. The second-order valence-electron chi connectivity index (χ2n) is 8.12. The Kier molecular flexibility index (Phi) is 6.59. The van der Waals surface area contributed by atoms with Gasteiger partial charge in [0, 0.05) is 0 Å². The van der Waals surface area contributed by atoms with Crippen LogP contribution in [0.2, 0.25) is 0 Å². The zero-order valence-corrected chi connectivity index (χ0v) is 18.4. The van der Waals surface area contributed by atoms with Gasteiger partial charge < -0.3 is 10.2 Å². The molecule has 31 heavy (non-hydrogen) atoms. The summed E-state index contributed by atoms with van der Waals surface area (Å²) in [6.45, 7) is 8.33. The van der Waals surface area contributed by atoms with Crippen molar-refractivity contribution in [3.8, 4) is 22.3 Å². The van der Waals surface area contributed by atoms with E-state index in [9.17, 15) is 19.8 Å². The summed E-state index contributed by atoms with van der Waals surface area (Å²) in [6.07, 6.45) is 1.67. The molecular formula is C27H28O4. The van der Waals surface area contributed by atoms with Crippen molar-refractivity contribution in [3.05, 3.63) is 82.4 Å². The average Bonchev–Trinajstić information content (AvgIpc) is 2.74. The molecule has 3 rings (SSSR count). The predicted octanol–water partition coefficient (Wildman–Crippen LogP) is 6.80. The van der Waals surface area contributed by atoms with E-state index in [0.29, 0.717) is 11.1 Å². The summed E-state index contributed by atoms with van der Waals surface area (Å²) >= 11 is 0. The van der Waals surface area contributed by atoms with Gasteiger partial charge in [0.05, 0.1) is 11.1 Å². The van der Waals surface area contributed by atoms with E-state index in [2.05, 4.69) is 26.8 Å². The number of carboxylic acid groups (broad SMARTS) is 2. The molecule has 0 saturated heterocycles. The Morgan fingerprint density at radius 2 is 1.32 bits per heavy atom. The molecule has 0 bridgehead atoms. The van der Waals surface area contributed by atoms with Crippen LogP contribution in [0.15, 0.2) is 54.6 Å². The number of benzene rings is 3. The molecule has 0 saturated carbocycles. The largest absolute Gasteiger partial charge is 0.478 e. The highest BCUT2D eigenvalue weighted by molar-refractivity contribution is 6.04. The molecule has 0 aliphatic heterocycles. The molecule has 0 aliphatic rings. The molecule has 2 N–H and O–H groups in total. The lowest BCUT2D eigenvalue weighted by atomic mass is 9.79. The summed E-state index contributed by atoms with van der Waals surface area (Å²) in [5.41, 5.74) is 6.48. The molecule has 4 nitrogen and oxygen atoms in total. The minimum atomic E-state index is -1.00. The van der Waals surface area contributed by atoms with Crippen LogP contribution in [0.25, 0.3) is 22.3 Å². The van der Waals surface area contributed by atoms with Gasteiger partial charge in [-0.05, 0) is 70.3 Å². The van der Waals surface area contributed by atoms with Crippen LogP contribution in [0.4, 0.5) is 0 Å². The molecule has 3 aromatic rings. The zero-order chi connectivity index (χ0) is 22.7. The minimum Gasteiger partial charge on any atom is -0.478 e. The van der Waals surface area contributed by atoms with Crippen LogP contribution in [-0.4, -0.2) is 22.2 Å². The van der Waals surface area contributed by atoms with E-state index in [1.54, 1.807) is 24.3 Å². The fourth-order valence-corrected chi connectivity index (χ4v) is 4.34. The maximum atomic E-state index is 12.1. The highest BCUT2D eigenvalue weighted by atomic mass is 16.4. The second-order valence-corrected chi connectivity index (χ2v) is 8.12. The van der Waals surface area contributed by atoms with E-state index < -0.39 is 11.9 Å². The smallest absolute Gasteiger partial charge is 0.336 e. The standard InChI is InChI=1S/C27H28O4/c1-5-10-18-23(16(2)3)15-17(4)24(19-11-6-8-13-21(19)26(28)29)25(18)20-12-7-9-14-22(20)27(30)31/h6-9,11-16H,5,10H2,1-4H3,(H,28,29)(H,30,31). The Bertz CT molecular complexity index is 1140. The molecule has 4 heteroatoms. The topological polar surface area (TPSA) is 74.6 Å². The number of rotatable bonds is 7. The first-order valence-corrected chi connectivity index (χ1v) is 10.6. The van der Waals surface area contributed by atoms with Gasteiger partial charge in [-0.1, -0.05) is 69.7 Å². The van der Waals surface area contributed by atoms with Crippen LogP contribution in [0, 0.1) is 6.92 Å². The van der Waals surface area contributed by atoms with E-state index in [0.717, 1.165) is 35.1 Å². The lowest BCUT2D eigenvalue weighted by molar-refractivity contribution is 0.0686. The molecular weight excluding hydrogens is 388 g/mol. The fourth-order valence-electron chi connectivity index (χ4n) is 4.34. The molecule has 3 aromatic carbocycles. The zero-order valence-electron chi connectivity index (χ0n) is 18.4. The monoisotopic (exact) mass is 416 g/mol. The molecule has 160 valence electrons. The van der Waals surface area contributed by atoms with Gasteiger partial charge in [0.1, 0.15) is 0 Å². The van der Waals surface area contributed by atoms with Crippen molar-refractivity contribution in [2.75, 3.05) is 0 Å². The number of hydrogen-bond acceptors (Lipinski definition) is 2. The summed E-state index contributed by atoms with van der Waals surface area (Å²) in [5, 5.41) is 19.7. The number of aryl methyl sites for hydroxylation is 1. The normalized spacial score (nSPS) is 11.0. The van der Waals surface area contributed by atoms with Gasteiger partial charge >= 0.3 is 11.9 Å². The van der Waals surface area contributed by atoms with Crippen LogP contribution < -0.4 is 0 Å². The van der Waals surface area contributed by atoms with Crippen molar-refractivity contribution in [3.63, 3.8) is 0 Å². The second kappa shape index (κ2) is 9.17. The SMILES string of the molecule is CCCc1c(C(C)C)cc(C)c(-c2ccccc2C(=O)O)c1-c1ccccc1C(=O)O.